The zero-order valence-corrected chi connectivity index (χ0v) is 12.0. The summed E-state index contributed by atoms with van der Waals surface area (Å²) in [5, 5.41) is 3.61. The van der Waals surface area contributed by atoms with Gasteiger partial charge >= 0.3 is 0 Å². The standard InChI is InChI=1S/C16H27NO/c1-4-12-17-16(14(2)3)11-8-13-18-15-9-6-5-7-10-15/h5-7,9-10,14,16-17H,4,8,11-13H2,1-3H3. The summed E-state index contributed by atoms with van der Waals surface area (Å²) < 4.78 is 5.71. The second-order valence-corrected chi connectivity index (χ2v) is 5.11. The Hall–Kier alpha value is -1.02. The number of hydrogen-bond acceptors (Lipinski definition) is 2. The molecule has 1 rings (SSSR count). The van der Waals surface area contributed by atoms with Crippen LogP contribution in [0, 0.1) is 5.92 Å². The molecule has 1 aromatic rings. The van der Waals surface area contributed by atoms with Crippen LogP contribution in [0.15, 0.2) is 30.3 Å². The first-order valence-corrected chi connectivity index (χ1v) is 7.15. The van der Waals surface area contributed by atoms with Gasteiger partial charge in [-0.3, -0.25) is 0 Å². The number of rotatable bonds is 9. The minimum Gasteiger partial charge on any atom is -0.494 e. The molecule has 0 saturated carbocycles. The molecule has 0 aliphatic carbocycles. The molecule has 0 aromatic heterocycles. The quantitative estimate of drug-likeness (QED) is 0.671. The van der Waals surface area contributed by atoms with E-state index in [1.165, 1.54) is 12.8 Å². The van der Waals surface area contributed by atoms with Crippen molar-refractivity contribution in [2.24, 2.45) is 5.92 Å². The molecule has 0 amide bonds. The van der Waals surface area contributed by atoms with Gasteiger partial charge in [0, 0.05) is 6.04 Å². The molecule has 0 fully saturated rings. The molecule has 18 heavy (non-hydrogen) atoms. The Morgan fingerprint density at radius 3 is 2.50 bits per heavy atom. The van der Waals surface area contributed by atoms with Gasteiger partial charge in [0.15, 0.2) is 0 Å². The predicted molar refractivity (Wildman–Crippen MR) is 78.1 cm³/mol. The molecule has 2 nitrogen and oxygen atoms in total. The van der Waals surface area contributed by atoms with Crippen molar-refractivity contribution >= 4 is 0 Å². The molecule has 2 heteroatoms. The van der Waals surface area contributed by atoms with E-state index in [0.717, 1.165) is 25.3 Å². The van der Waals surface area contributed by atoms with Gasteiger partial charge in [-0.2, -0.15) is 0 Å². The summed E-state index contributed by atoms with van der Waals surface area (Å²) in [4.78, 5) is 0. The van der Waals surface area contributed by atoms with Crippen molar-refractivity contribution in [2.45, 2.75) is 46.1 Å². The number of benzene rings is 1. The molecule has 0 radical (unpaired) electrons. The van der Waals surface area contributed by atoms with E-state index in [0.29, 0.717) is 12.0 Å². The number of ether oxygens (including phenoxy) is 1. The van der Waals surface area contributed by atoms with Gasteiger partial charge in [-0.25, -0.2) is 0 Å². The molecule has 1 atom stereocenters. The smallest absolute Gasteiger partial charge is 0.119 e. The highest BCUT2D eigenvalue weighted by Gasteiger charge is 2.11. The molecule has 0 aliphatic rings. The number of para-hydroxylation sites is 1. The fourth-order valence-corrected chi connectivity index (χ4v) is 2.01. The van der Waals surface area contributed by atoms with E-state index in [1.54, 1.807) is 0 Å². The zero-order chi connectivity index (χ0) is 13.2. The first-order chi connectivity index (χ1) is 8.74. The Labute approximate surface area is 112 Å². The van der Waals surface area contributed by atoms with E-state index in [2.05, 4.69) is 26.1 Å². The highest BCUT2D eigenvalue weighted by molar-refractivity contribution is 5.20. The Morgan fingerprint density at radius 1 is 1.17 bits per heavy atom. The molecule has 0 spiro atoms. The lowest BCUT2D eigenvalue weighted by molar-refractivity contribution is 0.281. The van der Waals surface area contributed by atoms with Crippen molar-refractivity contribution in [3.8, 4) is 5.75 Å². The second-order valence-electron chi connectivity index (χ2n) is 5.11. The SMILES string of the molecule is CCCNC(CCCOc1ccccc1)C(C)C. The minimum atomic E-state index is 0.615. The van der Waals surface area contributed by atoms with Crippen LogP contribution in [0.25, 0.3) is 0 Å². The maximum atomic E-state index is 5.71. The maximum absolute atomic E-state index is 5.71. The van der Waals surface area contributed by atoms with Gasteiger partial charge in [0.2, 0.25) is 0 Å². The average Bonchev–Trinajstić information content (AvgIpc) is 2.38. The largest absolute Gasteiger partial charge is 0.494 e. The van der Waals surface area contributed by atoms with E-state index in [-0.39, 0.29) is 0 Å². The molecule has 1 N–H and O–H groups in total. The van der Waals surface area contributed by atoms with Crippen molar-refractivity contribution < 1.29 is 4.74 Å². The third kappa shape index (κ3) is 6.06. The maximum Gasteiger partial charge on any atom is 0.119 e. The third-order valence-electron chi connectivity index (χ3n) is 3.13. The van der Waals surface area contributed by atoms with Gasteiger partial charge in [0.1, 0.15) is 5.75 Å². The fourth-order valence-electron chi connectivity index (χ4n) is 2.01. The van der Waals surface area contributed by atoms with Crippen molar-refractivity contribution in [1.82, 2.24) is 5.32 Å². The molecule has 102 valence electrons. The van der Waals surface area contributed by atoms with E-state index in [4.69, 9.17) is 4.74 Å². The van der Waals surface area contributed by atoms with Crippen molar-refractivity contribution in [2.75, 3.05) is 13.2 Å². The highest BCUT2D eigenvalue weighted by Crippen LogP contribution is 2.12. The average molecular weight is 249 g/mol. The molecule has 0 heterocycles. The molecule has 0 saturated heterocycles. The van der Waals surface area contributed by atoms with Gasteiger partial charge in [0.05, 0.1) is 6.61 Å². The molecular weight excluding hydrogens is 222 g/mol. The van der Waals surface area contributed by atoms with Gasteiger partial charge in [0.25, 0.3) is 0 Å². The van der Waals surface area contributed by atoms with E-state index >= 15 is 0 Å². The number of hydrogen-bond donors (Lipinski definition) is 1. The normalized spacial score (nSPS) is 12.7. The third-order valence-corrected chi connectivity index (χ3v) is 3.13. The highest BCUT2D eigenvalue weighted by atomic mass is 16.5. The van der Waals surface area contributed by atoms with Crippen LogP contribution < -0.4 is 10.1 Å². The summed E-state index contributed by atoms with van der Waals surface area (Å²) in [6.45, 7) is 8.70. The fraction of sp³-hybridized carbons (Fsp3) is 0.625. The predicted octanol–water partition coefficient (Wildman–Crippen LogP) is 3.87. The molecule has 1 unspecified atom stereocenters. The summed E-state index contributed by atoms with van der Waals surface area (Å²) in [6, 6.07) is 10.7. The van der Waals surface area contributed by atoms with E-state index < -0.39 is 0 Å². The van der Waals surface area contributed by atoms with Crippen LogP contribution in [0.1, 0.15) is 40.0 Å². The number of nitrogens with one attached hydrogen (secondary N) is 1. The summed E-state index contributed by atoms with van der Waals surface area (Å²) in [5.41, 5.74) is 0. The Bertz CT molecular complexity index is 297. The zero-order valence-electron chi connectivity index (χ0n) is 12.0. The Kier molecular flexibility index (Phi) is 7.51. The summed E-state index contributed by atoms with van der Waals surface area (Å²) in [6.07, 6.45) is 3.49. The lowest BCUT2D eigenvalue weighted by atomic mass is 9.99. The van der Waals surface area contributed by atoms with Gasteiger partial charge in [-0.1, -0.05) is 39.0 Å². The van der Waals surface area contributed by atoms with Gasteiger partial charge in [-0.15, -0.1) is 0 Å². The molecule has 0 aliphatic heterocycles. The van der Waals surface area contributed by atoms with Crippen LogP contribution in [0.2, 0.25) is 0 Å². The molecular formula is C16H27NO. The van der Waals surface area contributed by atoms with Crippen LogP contribution in [-0.2, 0) is 0 Å². The lowest BCUT2D eigenvalue weighted by Crippen LogP contribution is -2.34. The van der Waals surface area contributed by atoms with Crippen molar-refractivity contribution in [3.63, 3.8) is 0 Å². The van der Waals surface area contributed by atoms with E-state index in [1.807, 2.05) is 30.3 Å². The Balaban J connectivity index is 2.18. The first kappa shape index (κ1) is 15.0. The van der Waals surface area contributed by atoms with Crippen LogP contribution in [0.3, 0.4) is 0 Å². The summed E-state index contributed by atoms with van der Waals surface area (Å²) >= 11 is 0. The summed E-state index contributed by atoms with van der Waals surface area (Å²) in [5.74, 6) is 1.66. The second kappa shape index (κ2) is 8.98. The monoisotopic (exact) mass is 249 g/mol. The van der Waals surface area contributed by atoms with Crippen molar-refractivity contribution in [3.05, 3.63) is 30.3 Å². The van der Waals surface area contributed by atoms with Crippen LogP contribution in [0.5, 0.6) is 5.75 Å². The molecule has 0 bridgehead atoms. The minimum absolute atomic E-state index is 0.615. The molecule has 1 aromatic carbocycles. The van der Waals surface area contributed by atoms with E-state index in [9.17, 15) is 0 Å². The van der Waals surface area contributed by atoms with Gasteiger partial charge < -0.3 is 10.1 Å². The lowest BCUT2D eigenvalue weighted by Gasteiger charge is -2.22. The van der Waals surface area contributed by atoms with Gasteiger partial charge in [-0.05, 0) is 43.9 Å². The van der Waals surface area contributed by atoms with Crippen LogP contribution in [-0.4, -0.2) is 19.2 Å². The van der Waals surface area contributed by atoms with Crippen LogP contribution in [0.4, 0.5) is 0 Å². The van der Waals surface area contributed by atoms with Crippen LogP contribution >= 0.6 is 0 Å². The first-order valence-electron chi connectivity index (χ1n) is 7.15. The van der Waals surface area contributed by atoms with Crippen molar-refractivity contribution in [1.29, 1.82) is 0 Å². The Morgan fingerprint density at radius 2 is 1.89 bits per heavy atom. The topological polar surface area (TPSA) is 21.3 Å². The summed E-state index contributed by atoms with van der Waals surface area (Å²) in [7, 11) is 0.